The third-order valence-electron chi connectivity index (χ3n) is 1.60. The molecule has 2 N–H and O–H groups in total. The van der Waals surface area contributed by atoms with Gasteiger partial charge in [0, 0.05) is 0 Å². The summed E-state index contributed by atoms with van der Waals surface area (Å²) in [5.41, 5.74) is 6.71. The van der Waals surface area contributed by atoms with Crippen molar-refractivity contribution in [2.24, 2.45) is 5.73 Å². The molecule has 66 valence electrons. The molecular formula is C9H13NOS. The number of ether oxygens (including phenoxy) is 1. The maximum Gasteiger partial charge on any atom is 0.118 e. The van der Waals surface area contributed by atoms with Crippen LogP contribution < -0.4 is 10.5 Å². The Morgan fingerprint density at radius 1 is 1.42 bits per heavy atom. The summed E-state index contributed by atoms with van der Waals surface area (Å²) in [7, 11) is 1.65. The van der Waals surface area contributed by atoms with Crippen LogP contribution in [0.5, 0.6) is 5.75 Å². The van der Waals surface area contributed by atoms with Gasteiger partial charge in [-0.3, -0.25) is 0 Å². The molecule has 3 heteroatoms. The lowest BCUT2D eigenvalue weighted by Gasteiger charge is -2.05. The van der Waals surface area contributed by atoms with E-state index >= 15 is 0 Å². The standard InChI is InChI=1S/C9H13NOS/c1-11-8-4-2-7(3-5-8)6-9(10)12/h2-5,9,12H,6,10H2,1H3. The largest absolute Gasteiger partial charge is 0.497 e. The molecule has 1 unspecified atom stereocenters. The molecule has 1 atom stereocenters. The number of hydrogen-bond acceptors (Lipinski definition) is 3. The van der Waals surface area contributed by atoms with E-state index in [1.807, 2.05) is 24.3 Å². The number of rotatable bonds is 3. The Bertz CT molecular complexity index is 233. The highest BCUT2D eigenvalue weighted by Gasteiger charge is 1.97. The summed E-state index contributed by atoms with van der Waals surface area (Å²) in [5.74, 6) is 0.867. The smallest absolute Gasteiger partial charge is 0.118 e. The molecule has 0 saturated heterocycles. The molecule has 0 saturated carbocycles. The Kier molecular flexibility index (Phi) is 3.44. The number of methoxy groups -OCH3 is 1. The summed E-state index contributed by atoms with van der Waals surface area (Å²) in [6.45, 7) is 0. The van der Waals surface area contributed by atoms with Gasteiger partial charge in [-0.2, -0.15) is 12.6 Å². The van der Waals surface area contributed by atoms with E-state index < -0.39 is 0 Å². The van der Waals surface area contributed by atoms with Gasteiger partial charge in [-0.1, -0.05) is 12.1 Å². The van der Waals surface area contributed by atoms with Gasteiger partial charge < -0.3 is 10.5 Å². The quantitative estimate of drug-likeness (QED) is 0.549. The van der Waals surface area contributed by atoms with Crippen LogP contribution in [0, 0.1) is 0 Å². The van der Waals surface area contributed by atoms with Gasteiger partial charge >= 0.3 is 0 Å². The topological polar surface area (TPSA) is 35.2 Å². The van der Waals surface area contributed by atoms with Gasteiger partial charge in [-0.05, 0) is 24.1 Å². The molecule has 0 bridgehead atoms. The Hall–Kier alpha value is -0.670. The van der Waals surface area contributed by atoms with Crippen LogP contribution in [0.15, 0.2) is 24.3 Å². The summed E-state index contributed by atoms with van der Waals surface area (Å²) in [4.78, 5) is 0. The number of benzene rings is 1. The predicted octanol–water partition coefficient (Wildman–Crippen LogP) is 1.45. The Morgan fingerprint density at radius 2 is 2.00 bits per heavy atom. The van der Waals surface area contributed by atoms with Gasteiger partial charge in [0.05, 0.1) is 12.5 Å². The second-order valence-corrected chi connectivity index (χ2v) is 3.28. The van der Waals surface area contributed by atoms with Crippen LogP contribution in [-0.2, 0) is 6.42 Å². The van der Waals surface area contributed by atoms with E-state index in [0.29, 0.717) is 0 Å². The zero-order valence-electron chi connectivity index (χ0n) is 7.03. The molecule has 1 rings (SSSR count). The van der Waals surface area contributed by atoms with Crippen LogP contribution in [0.2, 0.25) is 0 Å². The van der Waals surface area contributed by atoms with E-state index in [-0.39, 0.29) is 5.37 Å². The van der Waals surface area contributed by atoms with Gasteiger partial charge in [0.2, 0.25) is 0 Å². The van der Waals surface area contributed by atoms with Crippen molar-refractivity contribution in [3.05, 3.63) is 29.8 Å². The third-order valence-corrected chi connectivity index (χ3v) is 1.79. The fourth-order valence-electron chi connectivity index (χ4n) is 1.00. The second kappa shape index (κ2) is 4.38. The van der Waals surface area contributed by atoms with E-state index in [0.717, 1.165) is 12.2 Å². The molecule has 0 heterocycles. The highest BCUT2D eigenvalue weighted by Crippen LogP contribution is 2.12. The first kappa shape index (κ1) is 9.42. The number of nitrogens with two attached hydrogens (primary N) is 1. The van der Waals surface area contributed by atoms with E-state index in [1.165, 1.54) is 5.56 Å². The summed E-state index contributed by atoms with van der Waals surface area (Å²) in [6.07, 6.45) is 0.785. The van der Waals surface area contributed by atoms with E-state index in [4.69, 9.17) is 10.5 Å². The summed E-state index contributed by atoms with van der Waals surface area (Å²) in [5, 5.41) is -0.0848. The second-order valence-electron chi connectivity index (χ2n) is 2.62. The molecule has 0 spiro atoms. The summed E-state index contributed by atoms with van der Waals surface area (Å²) >= 11 is 4.10. The molecule has 12 heavy (non-hydrogen) atoms. The first-order chi connectivity index (χ1) is 5.72. The Balaban J connectivity index is 2.65. The van der Waals surface area contributed by atoms with Crippen molar-refractivity contribution in [1.29, 1.82) is 0 Å². The van der Waals surface area contributed by atoms with Gasteiger partial charge in [-0.15, -0.1) is 0 Å². The van der Waals surface area contributed by atoms with E-state index in [2.05, 4.69) is 12.6 Å². The monoisotopic (exact) mass is 183 g/mol. The normalized spacial score (nSPS) is 12.6. The minimum Gasteiger partial charge on any atom is -0.497 e. The molecule has 0 amide bonds. The lowest BCUT2D eigenvalue weighted by Crippen LogP contribution is -2.14. The number of hydrogen-bond donors (Lipinski definition) is 2. The molecular weight excluding hydrogens is 170 g/mol. The van der Waals surface area contributed by atoms with Gasteiger partial charge in [0.1, 0.15) is 5.75 Å². The van der Waals surface area contributed by atoms with E-state index in [1.54, 1.807) is 7.11 Å². The van der Waals surface area contributed by atoms with Crippen LogP contribution in [0.3, 0.4) is 0 Å². The van der Waals surface area contributed by atoms with Crippen LogP contribution in [0.4, 0.5) is 0 Å². The Morgan fingerprint density at radius 3 is 2.42 bits per heavy atom. The summed E-state index contributed by atoms with van der Waals surface area (Å²) < 4.78 is 5.02. The minimum absolute atomic E-state index is 0.0848. The number of thiol groups is 1. The van der Waals surface area contributed by atoms with Gasteiger partial charge in [0.15, 0.2) is 0 Å². The molecule has 0 aliphatic carbocycles. The summed E-state index contributed by atoms with van der Waals surface area (Å²) in [6, 6.07) is 7.83. The van der Waals surface area contributed by atoms with Gasteiger partial charge in [0.25, 0.3) is 0 Å². The molecule has 0 fully saturated rings. The molecule has 0 radical (unpaired) electrons. The molecule has 0 aliphatic rings. The molecule has 1 aromatic rings. The van der Waals surface area contributed by atoms with Crippen molar-refractivity contribution < 1.29 is 4.74 Å². The molecule has 0 aliphatic heterocycles. The SMILES string of the molecule is COc1ccc(CC(N)S)cc1. The highest BCUT2D eigenvalue weighted by atomic mass is 32.1. The van der Waals surface area contributed by atoms with Crippen LogP contribution in [-0.4, -0.2) is 12.5 Å². The molecule has 0 aromatic heterocycles. The average Bonchev–Trinajstić information content (AvgIpc) is 2.05. The highest BCUT2D eigenvalue weighted by molar-refractivity contribution is 7.80. The molecule has 1 aromatic carbocycles. The lowest BCUT2D eigenvalue weighted by atomic mass is 10.1. The first-order valence-corrected chi connectivity index (χ1v) is 4.30. The maximum atomic E-state index is 5.53. The van der Waals surface area contributed by atoms with Crippen molar-refractivity contribution in [2.45, 2.75) is 11.8 Å². The minimum atomic E-state index is -0.0848. The van der Waals surface area contributed by atoms with Crippen molar-refractivity contribution in [3.8, 4) is 5.75 Å². The first-order valence-electron chi connectivity index (χ1n) is 3.79. The van der Waals surface area contributed by atoms with Crippen LogP contribution in [0.1, 0.15) is 5.56 Å². The van der Waals surface area contributed by atoms with Crippen molar-refractivity contribution >= 4 is 12.6 Å². The van der Waals surface area contributed by atoms with Crippen LogP contribution >= 0.6 is 12.6 Å². The zero-order chi connectivity index (χ0) is 8.97. The lowest BCUT2D eigenvalue weighted by molar-refractivity contribution is 0.414. The fraction of sp³-hybridized carbons (Fsp3) is 0.333. The van der Waals surface area contributed by atoms with Crippen molar-refractivity contribution in [1.82, 2.24) is 0 Å². The Labute approximate surface area is 78.1 Å². The van der Waals surface area contributed by atoms with Gasteiger partial charge in [-0.25, -0.2) is 0 Å². The molecule has 2 nitrogen and oxygen atoms in total. The van der Waals surface area contributed by atoms with E-state index in [9.17, 15) is 0 Å². The van der Waals surface area contributed by atoms with Crippen molar-refractivity contribution in [2.75, 3.05) is 7.11 Å². The van der Waals surface area contributed by atoms with Crippen molar-refractivity contribution in [3.63, 3.8) is 0 Å². The zero-order valence-corrected chi connectivity index (χ0v) is 7.92. The average molecular weight is 183 g/mol. The maximum absolute atomic E-state index is 5.53. The third kappa shape index (κ3) is 2.75. The van der Waals surface area contributed by atoms with Crippen LogP contribution in [0.25, 0.3) is 0 Å². The fourth-order valence-corrected chi connectivity index (χ4v) is 1.21. The predicted molar refractivity (Wildman–Crippen MR) is 53.7 cm³/mol.